The SMILES string of the molecule is CCCCCCC(C)Oc1nc(NN)nc(OC)n1. The van der Waals surface area contributed by atoms with Crippen LogP contribution in [0.15, 0.2) is 0 Å². The number of nitrogens with one attached hydrogen (secondary N) is 1. The number of nitrogen functional groups attached to an aromatic ring is 1. The Morgan fingerprint density at radius 1 is 1.16 bits per heavy atom. The first-order chi connectivity index (χ1) is 9.19. The average molecular weight is 269 g/mol. The summed E-state index contributed by atoms with van der Waals surface area (Å²) in [6, 6.07) is 0.402. The standard InChI is InChI=1S/C12H23N5O2/c1-4-5-6-7-8-9(2)19-12-15-10(17-13)14-11(16-12)18-3/h9H,4-8,13H2,1-3H3,(H,14,15,16,17). The Morgan fingerprint density at radius 2 is 1.89 bits per heavy atom. The minimum atomic E-state index is 0.0505. The third kappa shape index (κ3) is 5.69. The lowest BCUT2D eigenvalue weighted by molar-refractivity contribution is 0.186. The van der Waals surface area contributed by atoms with Crippen LogP contribution in [0, 0.1) is 0 Å². The van der Waals surface area contributed by atoms with Crippen LogP contribution in [0.25, 0.3) is 0 Å². The molecular formula is C12H23N5O2. The zero-order valence-corrected chi connectivity index (χ0v) is 11.8. The molecule has 108 valence electrons. The van der Waals surface area contributed by atoms with E-state index in [9.17, 15) is 0 Å². The van der Waals surface area contributed by atoms with Gasteiger partial charge in [0.15, 0.2) is 0 Å². The first-order valence-corrected chi connectivity index (χ1v) is 6.63. The van der Waals surface area contributed by atoms with E-state index in [4.69, 9.17) is 15.3 Å². The maximum atomic E-state index is 5.64. The van der Waals surface area contributed by atoms with Crippen molar-refractivity contribution < 1.29 is 9.47 Å². The third-order valence-electron chi connectivity index (χ3n) is 2.68. The summed E-state index contributed by atoms with van der Waals surface area (Å²) in [5.74, 6) is 5.50. The fraction of sp³-hybridized carbons (Fsp3) is 0.750. The molecule has 1 unspecified atom stereocenters. The van der Waals surface area contributed by atoms with Gasteiger partial charge < -0.3 is 9.47 Å². The van der Waals surface area contributed by atoms with E-state index in [2.05, 4.69) is 27.3 Å². The summed E-state index contributed by atoms with van der Waals surface area (Å²) in [5, 5.41) is 0. The third-order valence-corrected chi connectivity index (χ3v) is 2.68. The summed E-state index contributed by atoms with van der Waals surface area (Å²) in [6.07, 6.45) is 5.87. The highest BCUT2D eigenvalue weighted by atomic mass is 16.5. The molecule has 0 saturated carbocycles. The van der Waals surface area contributed by atoms with Gasteiger partial charge in [0.2, 0.25) is 5.95 Å². The monoisotopic (exact) mass is 269 g/mol. The van der Waals surface area contributed by atoms with Crippen LogP contribution in [0.4, 0.5) is 5.95 Å². The van der Waals surface area contributed by atoms with Crippen molar-refractivity contribution in [2.45, 2.75) is 52.1 Å². The maximum absolute atomic E-state index is 5.64. The highest BCUT2D eigenvalue weighted by molar-refractivity contribution is 5.25. The van der Waals surface area contributed by atoms with Gasteiger partial charge >= 0.3 is 12.0 Å². The lowest BCUT2D eigenvalue weighted by atomic mass is 10.1. The van der Waals surface area contributed by atoms with E-state index in [1.54, 1.807) is 0 Å². The van der Waals surface area contributed by atoms with Gasteiger partial charge in [0.05, 0.1) is 13.2 Å². The average Bonchev–Trinajstić information content (AvgIpc) is 2.43. The molecule has 0 bridgehead atoms. The number of hydrogen-bond acceptors (Lipinski definition) is 7. The van der Waals surface area contributed by atoms with Crippen LogP contribution in [0.5, 0.6) is 12.0 Å². The molecule has 7 heteroatoms. The summed E-state index contributed by atoms with van der Waals surface area (Å²) in [6.45, 7) is 4.19. The number of nitrogens with two attached hydrogens (primary N) is 1. The van der Waals surface area contributed by atoms with Crippen LogP contribution in [-0.2, 0) is 0 Å². The summed E-state index contributed by atoms with van der Waals surface area (Å²) in [5.41, 5.74) is 2.35. The van der Waals surface area contributed by atoms with Gasteiger partial charge in [0.1, 0.15) is 0 Å². The molecule has 19 heavy (non-hydrogen) atoms. The van der Waals surface area contributed by atoms with Crippen LogP contribution < -0.4 is 20.7 Å². The van der Waals surface area contributed by atoms with Gasteiger partial charge in [-0.3, -0.25) is 5.43 Å². The van der Waals surface area contributed by atoms with E-state index in [1.165, 1.54) is 26.4 Å². The van der Waals surface area contributed by atoms with Crippen molar-refractivity contribution in [3.8, 4) is 12.0 Å². The number of hydrogen-bond donors (Lipinski definition) is 2. The number of methoxy groups -OCH3 is 1. The predicted molar refractivity (Wildman–Crippen MR) is 73.0 cm³/mol. The van der Waals surface area contributed by atoms with Crippen molar-refractivity contribution in [3.05, 3.63) is 0 Å². The summed E-state index contributed by atoms with van der Waals surface area (Å²) >= 11 is 0. The molecule has 0 saturated heterocycles. The van der Waals surface area contributed by atoms with Gasteiger partial charge in [0.25, 0.3) is 0 Å². The molecular weight excluding hydrogens is 246 g/mol. The number of aromatic nitrogens is 3. The molecule has 0 radical (unpaired) electrons. The highest BCUT2D eigenvalue weighted by Gasteiger charge is 2.10. The zero-order valence-electron chi connectivity index (χ0n) is 11.8. The van der Waals surface area contributed by atoms with E-state index in [0.717, 1.165) is 12.8 Å². The molecule has 1 aromatic heterocycles. The molecule has 1 atom stereocenters. The topological polar surface area (TPSA) is 95.2 Å². The molecule has 0 spiro atoms. The second kappa shape index (κ2) is 8.47. The lowest BCUT2D eigenvalue weighted by Gasteiger charge is -2.13. The van der Waals surface area contributed by atoms with Crippen molar-refractivity contribution >= 4 is 5.95 Å². The Hall–Kier alpha value is -1.63. The number of unbranched alkanes of at least 4 members (excludes halogenated alkanes) is 3. The van der Waals surface area contributed by atoms with E-state index < -0.39 is 0 Å². The molecule has 0 aromatic carbocycles. The predicted octanol–water partition coefficient (Wildman–Crippen LogP) is 1.90. The fourth-order valence-electron chi connectivity index (χ4n) is 1.64. The van der Waals surface area contributed by atoms with Crippen molar-refractivity contribution in [1.29, 1.82) is 0 Å². The number of rotatable bonds is 9. The smallest absolute Gasteiger partial charge is 0.324 e. The molecule has 1 rings (SSSR count). The normalized spacial score (nSPS) is 12.0. The molecule has 1 aromatic rings. The first-order valence-electron chi connectivity index (χ1n) is 6.63. The van der Waals surface area contributed by atoms with Gasteiger partial charge in [0, 0.05) is 0 Å². The van der Waals surface area contributed by atoms with E-state index in [-0.39, 0.29) is 24.1 Å². The van der Waals surface area contributed by atoms with Gasteiger partial charge in [-0.25, -0.2) is 5.84 Å². The first kappa shape index (κ1) is 15.4. The van der Waals surface area contributed by atoms with Gasteiger partial charge in [-0.1, -0.05) is 26.2 Å². The Labute approximate surface area is 113 Å². The zero-order chi connectivity index (χ0) is 14.1. The molecule has 7 nitrogen and oxygen atoms in total. The molecule has 0 aliphatic carbocycles. The van der Waals surface area contributed by atoms with Gasteiger partial charge in [-0.05, 0) is 19.8 Å². The Kier molecular flexibility index (Phi) is 6.88. The second-order valence-corrected chi connectivity index (χ2v) is 4.35. The number of ether oxygens (including phenoxy) is 2. The summed E-state index contributed by atoms with van der Waals surface area (Å²) in [7, 11) is 1.48. The minimum absolute atomic E-state index is 0.0505. The fourth-order valence-corrected chi connectivity index (χ4v) is 1.64. The minimum Gasteiger partial charge on any atom is -0.467 e. The highest BCUT2D eigenvalue weighted by Crippen LogP contribution is 2.15. The quantitative estimate of drug-likeness (QED) is 0.401. The van der Waals surface area contributed by atoms with Crippen LogP contribution >= 0.6 is 0 Å². The summed E-state index contributed by atoms with van der Waals surface area (Å²) < 4.78 is 10.6. The number of nitrogens with zero attached hydrogens (tertiary/aromatic N) is 3. The Bertz CT molecular complexity index is 353. The maximum Gasteiger partial charge on any atom is 0.324 e. The van der Waals surface area contributed by atoms with Crippen molar-refractivity contribution in [1.82, 2.24) is 15.0 Å². The van der Waals surface area contributed by atoms with Crippen LogP contribution in [0.3, 0.4) is 0 Å². The lowest BCUT2D eigenvalue weighted by Crippen LogP contribution is -2.17. The molecule has 0 fully saturated rings. The number of hydrazine groups is 1. The van der Waals surface area contributed by atoms with Crippen molar-refractivity contribution in [2.75, 3.05) is 12.5 Å². The van der Waals surface area contributed by atoms with Crippen LogP contribution in [0.2, 0.25) is 0 Å². The second-order valence-electron chi connectivity index (χ2n) is 4.35. The van der Waals surface area contributed by atoms with Crippen molar-refractivity contribution in [3.63, 3.8) is 0 Å². The van der Waals surface area contributed by atoms with Crippen LogP contribution in [0.1, 0.15) is 46.0 Å². The number of anilines is 1. The largest absolute Gasteiger partial charge is 0.467 e. The molecule has 3 N–H and O–H groups in total. The van der Waals surface area contributed by atoms with Gasteiger partial charge in [-0.2, -0.15) is 9.97 Å². The van der Waals surface area contributed by atoms with Crippen molar-refractivity contribution in [2.24, 2.45) is 5.84 Å². The van der Waals surface area contributed by atoms with E-state index in [1.807, 2.05) is 6.92 Å². The molecule has 0 aliphatic rings. The Balaban J connectivity index is 2.50. The molecule has 1 heterocycles. The van der Waals surface area contributed by atoms with Gasteiger partial charge in [-0.15, -0.1) is 4.98 Å². The van der Waals surface area contributed by atoms with E-state index >= 15 is 0 Å². The van der Waals surface area contributed by atoms with Crippen LogP contribution in [-0.4, -0.2) is 28.2 Å². The Morgan fingerprint density at radius 3 is 2.53 bits per heavy atom. The molecule has 0 aliphatic heterocycles. The molecule has 0 amide bonds. The summed E-state index contributed by atoms with van der Waals surface area (Å²) in [4.78, 5) is 11.9. The van der Waals surface area contributed by atoms with E-state index in [0.29, 0.717) is 0 Å².